The van der Waals surface area contributed by atoms with Crippen molar-refractivity contribution < 1.29 is 9.90 Å². The van der Waals surface area contributed by atoms with Crippen LogP contribution in [0.4, 0.5) is 17.1 Å². The maximum atomic E-state index is 11.4. The fourth-order valence-corrected chi connectivity index (χ4v) is 4.10. The summed E-state index contributed by atoms with van der Waals surface area (Å²) in [6.45, 7) is 5.71. The number of hydrogen-bond donors (Lipinski definition) is 4. The Bertz CT molecular complexity index is 1100. The molecular formula is C25H28N4O2. The number of aryl methyl sites for hydroxylation is 2. The van der Waals surface area contributed by atoms with Crippen molar-refractivity contribution in [3.63, 3.8) is 0 Å². The second kappa shape index (κ2) is 9.18. The summed E-state index contributed by atoms with van der Waals surface area (Å²) in [4.78, 5) is 15.4. The summed E-state index contributed by atoms with van der Waals surface area (Å²) in [7, 11) is 0. The molecule has 0 aliphatic carbocycles. The van der Waals surface area contributed by atoms with Crippen molar-refractivity contribution in [3.8, 4) is 0 Å². The highest BCUT2D eigenvalue weighted by atomic mass is 16.4. The normalized spacial score (nSPS) is 14.8. The van der Waals surface area contributed by atoms with Crippen LogP contribution in [0, 0.1) is 6.92 Å². The van der Waals surface area contributed by atoms with Crippen LogP contribution < -0.4 is 16.0 Å². The van der Waals surface area contributed by atoms with Crippen molar-refractivity contribution in [2.24, 2.45) is 0 Å². The van der Waals surface area contributed by atoms with E-state index in [-0.39, 0.29) is 11.6 Å². The predicted molar refractivity (Wildman–Crippen MR) is 124 cm³/mol. The maximum absolute atomic E-state index is 11.4. The van der Waals surface area contributed by atoms with Gasteiger partial charge in [0.15, 0.2) is 0 Å². The van der Waals surface area contributed by atoms with E-state index in [1.54, 1.807) is 6.20 Å². The van der Waals surface area contributed by atoms with E-state index >= 15 is 0 Å². The van der Waals surface area contributed by atoms with E-state index in [4.69, 9.17) is 0 Å². The van der Waals surface area contributed by atoms with Crippen LogP contribution in [0.15, 0.2) is 54.9 Å². The summed E-state index contributed by atoms with van der Waals surface area (Å²) in [5, 5.41) is 19.6. The molecule has 2 heterocycles. The van der Waals surface area contributed by atoms with Crippen LogP contribution in [0.3, 0.4) is 0 Å². The van der Waals surface area contributed by atoms with Crippen LogP contribution in [0.1, 0.15) is 52.0 Å². The van der Waals surface area contributed by atoms with Crippen molar-refractivity contribution in [2.45, 2.75) is 39.3 Å². The number of fused-ring (bicyclic) bond motifs is 1. The molecule has 0 saturated heterocycles. The Morgan fingerprint density at radius 1 is 1.19 bits per heavy atom. The quantitative estimate of drug-likeness (QED) is 0.412. The average Bonchev–Trinajstić information content (AvgIpc) is 3.17. The average molecular weight is 417 g/mol. The lowest BCUT2D eigenvalue weighted by Crippen LogP contribution is -2.22. The van der Waals surface area contributed by atoms with Crippen molar-refractivity contribution in [1.82, 2.24) is 10.3 Å². The van der Waals surface area contributed by atoms with Gasteiger partial charge in [-0.05, 0) is 59.9 Å². The lowest BCUT2D eigenvalue weighted by Gasteiger charge is -2.16. The van der Waals surface area contributed by atoms with Gasteiger partial charge < -0.3 is 21.1 Å². The van der Waals surface area contributed by atoms with Crippen molar-refractivity contribution in [3.05, 3.63) is 82.7 Å². The number of carboxylic acids is 1. The van der Waals surface area contributed by atoms with Crippen LogP contribution in [0.25, 0.3) is 0 Å². The van der Waals surface area contributed by atoms with E-state index in [2.05, 4.69) is 71.2 Å². The Labute approximate surface area is 182 Å². The van der Waals surface area contributed by atoms with Crippen LogP contribution in [-0.4, -0.2) is 22.6 Å². The zero-order valence-electron chi connectivity index (χ0n) is 17.9. The summed E-state index contributed by atoms with van der Waals surface area (Å²) in [5.41, 5.74) is 8.06. The zero-order valence-corrected chi connectivity index (χ0v) is 17.9. The third kappa shape index (κ3) is 4.70. The topological polar surface area (TPSA) is 86.3 Å². The Balaban J connectivity index is 1.44. The van der Waals surface area contributed by atoms with Crippen molar-refractivity contribution in [2.75, 3.05) is 17.2 Å². The highest BCUT2D eigenvalue weighted by molar-refractivity contribution is 5.93. The van der Waals surface area contributed by atoms with Crippen LogP contribution in [0.2, 0.25) is 0 Å². The number of aromatic nitrogens is 1. The van der Waals surface area contributed by atoms with Gasteiger partial charge in [-0.2, -0.15) is 0 Å². The van der Waals surface area contributed by atoms with Gasteiger partial charge in [-0.3, -0.25) is 4.98 Å². The molecule has 1 aromatic heterocycles. The molecule has 2 aromatic carbocycles. The Kier molecular flexibility index (Phi) is 6.18. The highest BCUT2D eigenvalue weighted by Crippen LogP contribution is 2.30. The van der Waals surface area contributed by atoms with E-state index in [1.807, 2.05) is 0 Å². The second-order valence-corrected chi connectivity index (χ2v) is 7.98. The Hall–Kier alpha value is -3.38. The molecule has 4 N–H and O–H groups in total. The van der Waals surface area contributed by atoms with Gasteiger partial charge in [0.25, 0.3) is 0 Å². The summed E-state index contributed by atoms with van der Waals surface area (Å²) in [6, 6.07) is 14.7. The van der Waals surface area contributed by atoms with Gasteiger partial charge in [-0.25, -0.2) is 4.79 Å². The highest BCUT2D eigenvalue weighted by Gasteiger charge is 2.22. The van der Waals surface area contributed by atoms with Crippen molar-refractivity contribution >= 4 is 23.0 Å². The van der Waals surface area contributed by atoms with Crippen molar-refractivity contribution in [1.29, 1.82) is 0 Å². The number of rotatable bonds is 8. The SMILES string of the molecule is CCCc1ccc(Nc2ccc3c(c2)CN[C@@H]3CNc2cnccc2C(=O)O)c(C)c1. The van der Waals surface area contributed by atoms with Gasteiger partial charge in [0.05, 0.1) is 23.5 Å². The molecule has 0 spiro atoms. The van der Waals surface area contributed by atoms with Gasteiger partial charge in [-0.1, -0.05) is 31.5 Å². The first kappa shape index (κ1) is 20.9. The monoisotopic (exact) mass is 416 g/mol. The summed E-state index contributed by atoms with van der Waals surface area (Å²) >= 11 is 0. The molecule has 0 unspecified atom stereocenters. The number of aromatic carboxylic acids is 1. The lowest BCUT2D eigenvalue weighted by atomic mass is 10.0. The first-order valence-electron chi connectivity index (χ1n) is 10.7. The van der Waals surface area contributed by atoms with Gasteiger partial charge in [0.2, 0.25) is 0 Å². The predicted octanol–water partition coefficient (Wildman–Crippen LogP) is 5.04. The molecule has 1 aliphatic rings. The first-order valence-corrected chi connectivity index (χ1v) is 10.7. The number of carboxylic acid groups (broad SMARTS) is 1. The van der Waals surface area contributed by atoms with Crippen LogP contribution >= 0.6 is 0 Å². The minimum absolute atomic E-state index is 0.112. The standard InChI is InChI=1S/C25H28N4O2/c1-3-4-17-5-8-22(16(2)11-17)29-19-6-7-20-18(12-19)13-27-24(20)15-28-23-14-26-10-9-21(23)25(30)31/h5-12,14,24,27-29H,3-4,13,15H2,1-2H3,(H,30,31)/t24-/m1/s1. The number of carbonyl (C=O) groups is 1. The fraction of sp³-hybridized carbons (Fsp3) is 0.280. The molecule has 0 saturated carbocycles. The minimum atomic E-state index is -0.960. The molecule has 4 rings (SSSR count). The molecule has 160 valence electrons. The van der Waals surface area contributed by atoms with E-state index < -0.39 is 5.97 Å². The molecule has 1 aliphatic heterocycles. The summed E-state index contributed by atoms with van der Waals surface area (Å²) < 4.78 is 0. The fourth-order valence-electron chi connectivity index (χ4n) is 4.10. The molecule has 0 bridgehead atoms. The molecule has 0 radical (unpaired) electrons. The summed E-state index contributed by atoms with van der Waals surface area (Å²) in [5.74, 6) is -0.960. The number of benzene rings is 2. The van der Waals surface area contributed by atoms with Crippen LogP contribution in [-0.2, 0) is 13.0 Å². The maximum Gasteiger partial charge on any atom is 0.337 e. The smallest absolute Gasteiger partial charge is 0.337 e. The van der Waals surface area contributed by atoms with E-state index in [0.717, 1.165) is 30.8 Å². The Morgan fingerprint density at radius 3 is 2.84 bits per heavy atom. The first-order chi connectivity index (χ1) is 15.0. The minimum Gasteiger partial charge on any atom is -0.478 e. The third-order valence-corrected chi connectivity index (χ3v) is 5.71. The second-order valence-electron chi connectivity index (χ2n) is 7.98. The largest absolute Gasteiger partial charge is 0.478 e. The van der Waals surface area contributed by atoms with E-state index in [9.17, 15) is 9.90 Å². The number of pyridine rings is 1. The molecule has 1 atom stereocenters. The molecule has 6 heteroatoms. The Morgan fingerprint density at radius 2 is 2.06 bits per heavy atom. The molecular weight excluding hydrogens is 388 g/mol. The van der Waals surface area contributed by atoms with Gasteiger partial charge in [0.1, 0.15) is 0 Å². The molecule has 3 aromatic rings. The molecule has 6 nitrogen and oxygen atoms in total. The summed E-state index contributed by atoms with van der Waals surface area (Å²) in [6.07, 6.45) is 5.30. The van der Waals surface area contributed by atoms with Gasteiger partial charge >= 0.3 is 5.97 Å². The van der Waals surface area contributed by atoms with Gasteiger partial charge in [-0.15, -0.1) is 0 Å². The molecule has 0 fully saturated rings. The van der Waals surface area contributed by atoms with E-state index in [0.29, 0.717) is 12.2 Å². The molecule has 31 heavy (non-hydrogen) atoms. The number of hydrogen-bond acceptors (Lipinski definition) is 5. The number of nitrogens with zero attached hydrogens (tertiary/aromatic N) is 1. The zero-order chi connectivity index (χ0) is 21.8. The molecule has 0 amide bonds. The third-order valence-electron chi connectivity index (χ3n) is 5.71. The van der Waals surface area contributed by atoms with Crippen LogP contribution in [0.5, 0.6) is 0 Å². The number of anilines is 3. The number of nitrogens with one attached hydrogen (secondary N) is 3. The lowest BCUT2D eigenvalue weighted by molar-refractivity contribution is 0.0697. The van der Waals surface area contributed by atoms with Gasteiger partial charge in [0, 0.05) is 30.7 Å². The van der Waals surface area contributed by atoms with E-state index in [1.165, 1.54) is 34.5 Å².